The molecular formula is C16H36N2O2+2. The van der Waals surface area contributed by atoms with Gasteiger partial charge < -0.3 is 18.4 Å². The van der Waals surface area contributed by atoms with Crippen molar-refractivity contribution in [3.8, 4) is 0 Å². The Kier molecular flexibility index (Phi) is 6.92. The Balaban J connectivity index is 2.40. The fourth-order valence-electron chi connectivity index (χ4n) is 2.74. The van der Waals surface area contributed by atoms with Crippen molar-refractivity contribution >= 4 is 0 Å². The van der Waals surface area contributed by atoms with Crippen LogP contribution in [-0.4, -0.2) is 87.8 Å². The second-order valence-electron chi connectivity index (χ2n) is 6.78. The lowest BCUT2D eigenvalue weighted by atomic mass is 10.2. The number of hydrogen-bond donors (Lipinski definition) is 0. The largest absolute Gasteiger partial charge is 0.367 e. The van der Waals surface area contributed by atoms with E-state index in [-0.39, 0.29) is 12.2 Å². The zero-order chi connectivity index (χ0) is 15.2. The molecule has 0 radical (unpaired) electrons. The number of quaternary nitrogens is 2. The van der Waals surface area contributed by atoms with E-state index in [1.54, 1.807) is 0 Å². The molecule has 0 aromatic rings. The normalized spacial score (nSPS) is 24.9. The van der Waals surface area contributed by atoms with Crippen LogP contribution in [0.25, 0.3) is 0 Å². The predicted molar refractivity (Wildman–Crippen MR) is 83.7 cm³/mol. The van der Waals surface area contributed by atoms with E-state index < -0.39 is 0 Å². The Bertz CT molecular complexity index is 240. The van der Waals surface area contributed by atoms with Crippen molar-refractivity contribution in [1.82, 2.24) is 0 Å². The Hall–Kier alpha value is -0.160. The van der Waals surface area contributed by atoms with Crippen LogP contribution in [0.3, 0.4) is 0 Å². The van der Waals surface area contributed by atoms with Crippen molar-refractivity contribution in [2.45, 2.75) is 39.9 Å². The minimum atomic E-state index is 0.262. The number of rotatable bonds is 8. The van der Waals surface area contributed by atoms with Crippen molar-refractivity contribution in [3.05, 3.63) is 0 Å². The Morgan fingerprint density at radius 3 is 1.20 bits per heavy atom. The monoisotopic (exact) mass is 288 g/mol. The number of nitrogens with zero attached hydrogens (tertiary/aromatic N) is 2. The third kappa shape index (κ3) is 4.99. The van der Waals surface area contributed by atoms with E-state index in [0.29, 0.717) is 0 Å². The fraction of sp³-hybridized carbons (Fsp3) is 1.00. The average Bonchev–Trinajstić information content (AvgIpc) is 2.49. The second-order valence-corrected chi connectivity index (χ2v) is 6.78. The molecule has 0 unspecified atom stereocenters. The van der Waals surface area contributed by atoms with Crippen molar-refractivity contribution in [2.75, 3.05) is 66.6 Å². The van der Waals surface area contributed by atoms with Crippen LogP contribution in [-0.2, 0) is 9.47 Å². The first-order valence-electron chi connectivity index (χ1n) is 8.30. The lowest BCUT2D eigenvalue weighted by molar-refractivity contribution is -0.912. The first kappa shape index (κ1) is 17.9. The lowest BCUT2D eigenvalue weighted by Crippen LogP contribution is -2.55. The molecule has 1 aliphatic heterocycles. The molecule has 0 saturated carbocycles. The van der Waals surface area contributed by atoms with Crippen LogP contribution in [0.15, 0.2) is 0 Å². The first-order valence-corrected chi connectivity index (χ1v) is 8.30. The molecular weight excluding hydrogens is 252 g/mol. The van der Waals surface area contributed by atoms with Crippen molar-refractivity contribution in [3.63, 3.8) is 0 Å². The Morgan fingerprint density at radius 2 is 1.00 bits per heavy atom. The van der Waals surface area contributed by atoms with Gasteiger partial charge in [0.2, 0.25) is 0 Å². The third-order valence-electron chi connectivity index (χ3n) is 5.38. The summed E-state index contributed by atoms with van der Waals surface area (Å²) in [5.74, 6) is 0. The van der Waals surface area contributed by atoms with Crippen LogP contribution in [0, 0.1) is 0 Å². The van der Waals surface area contributed by atoms with E-state index in [9.17, 15) is 0 Å². The molecule has 20 heavy (non-hydrogen) atoms. The van der Waals surface area contributed by atoms with Gasteiger partial charge in [0.1, 0.15) is 25.3 Å². The molecule has 0 aromatic carbocycles. The molecule has 4 nitrogen and oxygen atoms in total. The van der Waals surface area contributed by atoms with E-state index in [2.05, 4.69) is 41.8 Å². The molecule has 0 amide bonds. The summed E-state index contributed by atoms with van der Waals surface area (Å²) in [6, 6.07) is 0. The van der Waals surface area contributed by atoms with Gasteiger partial charge >= 0.3 is 0 Å². The van der Waals surface area contributed by atoms with E-state index >= 15 is 0 Å². The van der Waals surface area contributed by atoms with E-state index in [0.717, 1.165) is 61.4 Å². The molecule has 0 spiro atoms. The van der Waals surface area contributed by atoms with Crippen LogP contribution >= 0.6 is 0 Å². The van der Waals surface area contributed by atoms with Crippen molar-refractivity contribution in [2.24, 2.45) is 0 Å². The maximum atomic E-state index is 6.07. The summed E-state index contributed by atoms with van der Waals surface area (Å²) in [5.41, 5.74) is 0. The van der Waals surface area contributed by atoms with Gasteiger partial charge in [0.25, 0.3) is 0 Å². The van der Waals surface area contributed by atoms with Crippen LogP contribution in [0.2, 0.25) is 0 Å². The zero-order valence-corrected chi connectivity index (χ0v) is 14.5. The molecule has 1 fully saturated rings. The summed E-state index contributed by atoms with van der Waals surface area (Å²) in [5, 5.41) is 0. The van der Waals surface area contributed by atoms with Gasteiger partial charge in [-0.2, -0.15) is 0 Å². The van der Waals surface area contributed by atoms with Gasteiger partial charge in [-0.25, -0.2) is 0 Å². The fourth-order valence-corrected chi connectivity index (χ4v) is 2.74. The molecule has 1 rings (SSSR count). The lowest BCUT2D eigenvalue weighted by Gasteiger charge is -2.40. The highest BCUT2D eigenvalue weighted by Crippen LogP contribution is 2.15. The van der Waals surface area contributed by atoms with Gasteiger partial charge in [-0.15, -0.1) is 0 Å². The van der Waals surface area contributed by atoms with Gasteiger partial charge in [0.05, 0.1) is 53.5 Å². The Labute approximate surface area is 125 Å². The zero-order valence-electron chi connectivity index (χ0n) is 14.5. The molecule has 1 aliphatic rings. The summed E-state index contributed by atoms with van der Waals surface area (Å²) in [6.07, 6.45) is 0.524. The molecule has 0 N–H and O–H groups in total. The third-order valence-corrected chi connectivity index (χ3v) is 5.38. The van der Waals surface area contributed by atoms with Gasteiger partial charge in [0, 0.05) is 0 Å². The maximum absolute atomic E-state index is 6.07. The molecule has 120 valence electrons. The van der Waals surface area contributed by atoms with Crippen LogP contribution in [0.4, 0.5) is 0 Å². The molecule has 4 heteroatoms. The minimum Gasteiger partial charge on any atom is -0.367 e. The van der Waals surface area contributed by atoms with E-state index in [1.807, 2.05) is 0 Å². The average molecular weight is 288 g/mol. The topological polar surface area (TPSA) is 18.5 Å². The first-order chi connectivity index (χ1) is 9.40. The molecule has 1 saturated heterocycles. The van der Waals surface area contributed by atoms with Crippen LogP contribution in [0.1, 0.15) is 27.7 Å². The molecule has 0 aromatic heterocycles. The summed E-state index contributed by atoms with van der Waals surface area (Å²) in [7, 11) is 4.61. The van der Waals surface area contributed by atoms with Gasteiger partial charge in [-0.05, 0) is 27.7 Å². The summed E-state index contributed by atoms with van der Waals surface area (Å²) in [6.45, 7) is 17.3. The number of hydrogen-bond acceptors (Lipinski definition) is 2. The second kappa shape index (κ2) is 7.74. The smallest absolute Gasteiger partial charge is 0.130 e. The summed E-state index contributed by atoms with van der Waals surface area (Å²) >= 11 is 0. The highest BCUT2D eigenvalue weighted by atomic mass is 16.6. The predicted octanol–water partition coefficient (Wildman–Crippen LogP) is 1.74. The molecule has 2 atom stereocenters. The molecule has 0 bridgehead atoms. The maximum Gasteiger partial charge on any atom is 0.130 e. The summed E-state index contributed by atoms with van der Waals surface area (Å²) in [4.78, 5) is 0. The standard InChI is InChI=1S/C16H36N2O2/c1-7-17(5,8-2)11-15-13-20-16(14-19-15)12-18(6,9-3)10-4/h15-16H,7-14H2,1-6H3/q+2/t15-,16+. The van der Waals surface area contributed by atoms with E-state index in [4.69, 9.17) is 9.47 Å². The highest BCUT2D eigenvalue weighted by molar-refractivity contribution is 4.68. The Morgan fingerprint density at radius 1 is 0.700 bits per heavy atom. The molecule has 1 heterocycles. The quantitative estimate of drug-likeness (QED) is 0.634. The van der Waals surface area contributed by atoms with Gasteiger partial charge in [-0.3, -0.25) is 0 Å². The number of ether oxygens (including phenoxy) is 2. The molecule has 0 aliphatic carbocycles. The minimum absolute atomic E-state index is 0.262. The highest BCUT2D eigenvalue weighted by Gasteiger charge is 2.32. The summed E-state index contributed by atoms with van der Waals surface area (Å²) < 4.78 is 14.3. The van der Waals surface area contributed by atoms with Gasteiger partial charge in [-0.1, -0.05) is 0 Å². The van der Waals surface area contributed by atoms with Crippen molar-refractivity contribution < 1.29 is 18.4 Å². The van der Waals surface area contributed by atoms with Crippen molar-refractivity contribution in [1.29, 1.82) is 0 Å². The van der Waals surface area contributed by atoms with E-state index in [1.165, 1.54) is 0 Å². The van der Waals surface area contributed by atoms with Gasteiger partial charge in [0.15, 0.2) is 0 Å². The number of likely N-dealkylation sites (N-methyl/N-ethyl adjacent to an activating group) is 2. The SMILES string of the molecule is CC[N+](C)(CC)C[C@H]1CO[C@H](C[N+](C)(CC)CC)CO1. The van der Waals surface area contributed by atoms with Crippen LogP contribution < -0.4 is 0 Å². The van der Waals surface area contributed by atoms with Crippen LogP contribution in [0.5, 0.6) is 0 Å².